The van der Waals surface area contributed by atoms with Crippen LogP contribution in [0.5, 0.6) is 0 Å². The zero-order valence-electron chi connectivity index (χ0n) is 14.2. The Hall–Kier alpha value is -1.64. The second kappa shape index (κ2) is 4.06. The van der Waals surface area contributed by atoms with Crippen LogP contribution < -0.4 is 0 Å². The lowest BCUT2D eigenvalue weighted by Crippen LogP contribution is -2.57. The van der Waals surface area contributed by atoms with Crippen molar-refractivity contribution in [3.05, 3.63) is 70.8 Å². The summed E-state index contributed by atoms with van der Waals surface area (Å²) in [7, 11) is 0. The SMILES string of the molecule is CC1(C)CC2(c3ccccc31)c1ccccc1C(C)(C)C2(O)O. The Balaban J connectivity index is 2.14. The normalized spacial score (nSPS) is 28.6. The van der Waals surface area contributed by atoms with Gasteiger partial charge in [0.2, 0.25) is 0 Å². The van der Waals surface area contributed by atoms with Crippen molar-refractivity contribution in [1.82, 2.24) is 0 Å². The third kappa shape index (κ3) is 1.47. The Kier molecular flexibility index (Phi) is 2.63. The number of rotatable bonds is 0. The molecule has 1 atom stereocenters. The van der Waals surface area contributed by atoms with E-state index in [9.17, 15) is 10.2 Å². The van der Waals surface area contributed by atoms with E-state index in [1.807, 2.05) is 44.2 Å². The van der Waals surface area contributed by atoms with E-state index in [-0.39, 0.29) is 5.41 Å². The quantitative estimate of drug-likeness (QED) is 0.730. The van der Waals surface area contributed by atoms with E-state index >= 15 is 0 Å². The van der Waals surface area contributed by atoms with Gasteiger partial charge in [-0.1, -0.05) is 76.2 Å². The Labute approximate surface area is 137 Å². The maximum absolute atomic E-state index is 11.4. The van der Waals surface area contributed by atoms with Gasteiger partial charge >= 0.3 is 0 Å². The summed E-state index contributed by atoms with van der Waals surface area (Å²) < 4.78 is 0. The number of aliphatic hydroxyl groups is 2. The highest BCUT2D eigenvalue weighted by molar-refractivity contribution is 5.62. The lowest BCUT2D eigenvalue weighted by atomic mass is 9.67. The summed E-state index contributed by atoms with van der Waals surface area (Å²) in [4.78, 5) is 0. The molecule has 0 amide bonds. The van der Waals surface area contributed by atoms with E-state index in [0.29, 0.717) is 6.42 Å². The van der Waals surface area contributed by atoms with Crippen LogP contribution in [0.3, 0.4) is 0 Å². The fourth-order valence-corrected chi connectivity index (χ4v) is 5.16. The highest BCUT2D eigenvalue weighted by atomic mass is 16.5. The van der Waals surface area contributed by atoms with Crippen molar-refractivity contribution >= 4 is 0 Å². The van der Waals surface area contributed by atoms with E-state index in [0.717, 1.165) is 16.7 Å². The zero-order valence-corrected chi connectivity index (χ0v) is 14.2. The second-order valence-corrected chi connectivity index (χ2v) is 8.35. The summed E-state index contributed by atoms with van der Waals surface area (Å²) in [5.41, 5.74) is 2.80. The zero-order chi connectivity index (χ0) is 16.7. The maximum Gasteiger partial charge on any atom is 0.186 e. The summed E-state index contributed by atoms with van der Waals surface area (Å²) in [6, 6.07) is 16.4. The first-order chi connectivity index (χ1) is 10.7. The van der Waals surface area contributed by atoms with Crippen LogP contribution in [0.4, 0.5) is 0 Å². The fourth-order valence-electron chi connectivity index (χ4n) is 5.16. The van der Waals surface area contributed by atoms with Crippen LogP contribution in [0.1, 0.15) is 56.4 Å². The minimum atomic E-state index is -1.83. The lowest BCUT2D eigenvalue weighted by molar-refractivity contribution is -0.234. The smallest absolute Gasteiger partial charge is 0.186 e. The number of fused-ring (bicyclic) bond motifs is 4. The topological polar surface area (TPSA) is 40.5 Å². The van der Waals surface area contributed by atoms with Gasteiger partial charge in [0.1, 0.15) is 0 Å². The molecule has 1 spiro atoms. The predicted octanol–water partition coefficient (Wildman–Crippen LogP) is 3.63. The molecular weight excluding hydrogens is 284 g/mol. The molecule has 2 N–H and O–H groups in total. The molecule has 23 heavy (non-hydrogen) atoms. The van der Waals surface area contributed by atoms with Crippen LogP contribution in [0.2, 0.25) is 0 Å². The standard InChI is InChI=1S/C21H24O2/c1-18(2)13-20(16-11-7-5-9-14(16)18)17-12-8-6-10-15(17)19(3,4)21(20,22)23/h5-12,22-23H,13H2,1-4H3. The second-order valence-electron chi connectivity index (χ2n) is 8.35. The molecule has 0 aliphatic heterocycles. The van der Waals surface area contributed by atoms with Crippen molar-refractivity contribution in [2.24, 2.45) is 0 Å². The van der Waals surface area contributed by atoms with Crippen LogP contribution in [-0.4, -0.2) is 16.0 Å². The first-order valence-corrected chi connectivity index (χ1v) is 8.31. The van der Waals surface area contributed by atoms with Crippen LogP contribution in [0.25, 0.3) is 0 Å². The first-order valence-electron chi connectivity index (χ1n) is 8.31. The van der Waals surface area contributed by atoms with Crippen molar-refractivity contribution in [2.75, 3.05) is 0 Å². The van der Waals surface area contributed by atoms with Gasteiger partial charge in [0.25, 0.3) is 0 Å². The molecule has 2 aliphatic carbocycles. The average molecular weight is 308 g/mol. The number of hydrogen-bond donors (Lipinski definition) is 2. The Morgan fingerprint density at radius 1 is 0.696 bits per heavy atom. The molecule has 1 unspecified atom stereocenters. The third-order valence-electron chi connectivity index (χ3n) is 6.35. The van der Waals surface area contributed by atoms with Gasteiger partial charge in [-0.2, -0.15) is 0 Å². The summed E-state index contributed by atoms with van der Waals surface area (Å²) in [5, 5.41) is 22.9. The van der Waals surface area contributed by atoms with Gasteiger partial charge in [0.05, 0.1) is 5.41 Å². The van der Waals surface area contributed by atoms with Gasteiger partial charge in [0.15, 0.2) is 5.79 Å². The largest absolute Gasteiger partial charge is 0.364 e. The molecule has 0 saturated heterocycles. The highest BCUT2D eigenvalue weighted by Gasteiger charge is 2.70. The van der Waals surface area contributed by atoms with Crippen molar-refractivity contribution < 1.29 is 10.2 Å². The molecule has 0 saturated carbocycles. The molecule has 2 aliphatic rings. The number of hydrogen-bond acceptors (Lipinski definition) is 2. The first kappa shape index (κ1) is 14.9. The fraction of sp³-hybridized carbons (Fsp3) is 0.429. The summed E-state index contributed by atoms with van der Waals surface area (Å²) in [6.45, 7) is 8.28. The van der Waals surface area contributed by atoms with Gasteiger partial charge in [-0.3, -0.25) is 0 Å². The van der Waals surface area contributed by atoms with Crippen LogP contribution in [0, 0.1) is 0 Å². The van der Waals surface area contributed by atoms with Gasteiger partial charge in [-0.15, -0.1) is 0 Å². The Bertz CT molecular complexity index is 788. The van der Waals surface area contributed by atoms with Gasteiger partial charge in [-0.25, -0.2) is 0 Å². The molecule has 2 heteroatoms. The molecule has 0 heterocycles. The monoisotopic (exact) mass is 308 g/mol. The molecular formula is C21H24O2. The minimum Gasteiger partial charge on any atom is -0.364 e. The van der Waals surface area contributed by atoms with Crippen molar-refractivity contribution in [3.8, 4) is 0 Å². The molecule has 120 valence electrons. The van der Waals surface area contributed by atoms with Crippen LogP contribution >= 0.6 is 0 Å². The maximum atomic E-state index is 11.4. The lowest BCUT2D eigenvalue weighted by Gasteiger charge is -2.44. The van der Waals surface area contributed by atoms with Crippen molar-refractivity contribution in [3.63, 3.8) is 0 Å². The van der Waals surface area contributed by atoms with E-state index in [1.54, 1.807) is 0 Å². The summed E-state index contributed by atoms with van der Waals surface area (Å²) in [5.74, 6) is -1.83. The average Bonchev–Trinajstić information content (AvgIpc) is 2.83. The van der Waals surface area contributed by atoms with E-state index < -0.39 is 16.6 Å². The predicted molar refractivity (Wildman–Crippen MR) is 91.5 cm³/mol. The molecule has 2 aromatic rings. The van der Waals surface area contributed by atoms with Crippen LogP contribution in [-0.2, 0) is 16.2 Å². The van der Waals surface area contributed by atoms with E-state index in [2.05, 4.69) is 32.0 Å². The molecule has 2 aromatic carbocycles. The van der Waals surface area contributed by atoms with Gasteiger partial charge in [-0.05, 0) is 34.1 Å². The molecule has 4 rings (SSSR count). The third-order valence-corrected chi connectivity index (χ3v) is 6.35. The molecule has 2 nitrogen and oxygen atoms in total. The van der Waals surface area contributed by atoms with Crippen LogP contribution in [0.15, 0.2) is 48.5 Å². The van der Waals surface area contributed by atoms with E-state index in [4.69, 9.17) is 0 Å². The van der Waals surface area contributed by atoms with Gasteiger partial charge < -0.3 is 10.2 Å². The minimum absolute atomic E-state index is 0.0964. The number of benzene rings is 2. The summed E-state index contributed by atoms with van der Waals surface area (Å²) in [6.07, 6.45) is 0.701. The molecule has 0 bridgehead atoms. The Morgan fingerprint density at radius 3 is 1.70 bits per heavy atom. The van der Waals surface area contributed by atoms with Crippen molar-refractivity contribution in [1.29, 1.82) is 0 Å². The molecule has 0 aromatic heterocycles. The molecule has 0 radical (unpaired) electrons. The summed E-state index contributed by atoms with van der Waals surface area (Å²) >= 11 is 0. The Morgan fingerprint density at radius 2 is 1.13 bits per heavy atom. The van der Waals surface area contributed by atoms with E-state index in [1.165, 1.54) is 5.56 Å². The highest BCUT2D eigenvalue weighted by Crippen LogP contribution is 2.66. The van der Waals surface area contributed by atoms with Gasteiger partial charge in [0, 0.05) is 5.41 Å². The molecule has 0 fully saturated rings. The van der Waals surface area contributed by atoms with Crippen molar-refractivity contribution in [2.45, 2.75) is 56.1 Å².